The molecule has 6 heteroatoms. The zero-order chi connectivity index (χ0) is 20.2. The smallest absolute Gasteiger partial charge is 0.407 e. The summed E-state index contributed by atoms with van der Waals surface area (Å²) in [5.41, 5.74) is 1.56. The molecule has 1 amide bonds. The first kappa shape index (κ1) is 21.1. The van der Waals surface area contributed by atoms with E-state index in [0.29, 0.717) is 18.7 Å². The molecule has 2 rings (SSSR count). The van der Waals surface area contributed by atoms with Crippen molar-refractivity contribution >= 4 is 17.7 Å². The predicted molar refractivity (Wildman–Crippen MR) is 106 cm³/mol. The van der Waals surface area contributed by atoms with E-state index in [9.17, 15) is 9.59 Å². The Labute approximate surface area is 162 Å². The van der Waals surface area contributed by atoms with Crippen molar-refractivity contribution in [3.8, 4) is 5.75 Å². The van der Waals surface area contributed by atoms with Crippen LogP contribution >= 0.6 is 0 Å². The summed E-state index contributed by atoms with van der Waals surface area (Å²) < 4.78 is 10.8. The molecule has 1 aromatic carbocycles. The van der Waals surface area contributed by atoms with Crippen LogP contribution < -0.4 is 15.0 Å². The Morgan fingerprint density at radius 2 is 1.93 bits per heavy atom. The van der Waals surface area contributed by atoms with Crippen molar-refractivity contribution in [2.75, 3.05) is 24.5 Å². The average Bonchev–Trinajstić information content (AvgIpc) is 2.57. The van der Waals surface area contributed by atoms with Gasteiger partial charge in [-0.05, 0) is 58.6 Å². The zero-order valence-corrected chi connectivity index (χ0v) is 17.3. The Bertz CT molecular complexity index is 677. The van der Waals surface area contributed by atoms with Crippen LogP contribution in [0.1, 0.15) is 59.4 Å². The molecule has 1 aliphatic heterocycles. The molecule has 2 unspecified atom stereocenters. The van der Waals surface area contributed by atoms with Gasteiger partial charge in [0.25, 0.3) is 0 Å². The molecule has 0 bridgehead atoms. The van der Waals surface area contributed by atoms with Crippen LogP contribution in [0.4, 0.5) is 10.5 Å². The number of amides is 1. The van der Waals surface area contributed by atoms with Crippen LogP contribution in [0.25, 0.3) is 0 Å². The van der Waals surface area contributed by atoms with E-state index in [0.717, 1.165) is 24.3 Å². The number of ether oxygens (including phenoxy) is 2. The van der Waals surface area contributed by atoms with E-state index >= 15 is 0 Å². The maximum absolute atomic E-state index is 12.5. The van der Waals surface area contributed by atoms with Crippen LogP contribution in [-0.2, 0) is 9.53 Å². The number of rotatable bonds is 6. The molecule has 1 N–H and O–H groups in total. The average molecular weight is 376 g/mol. The lowest BCUT2D eigenvalue weighted by Gasteiger charge is -2.31. The molecule has 1 aromatic rings. The molecule has 0 spiro atoms. The van der Waals surface area contributed by atoms with E-state index in [-0.39, 0.29) is 17.8 Å². The Hall–Kier alpha value is -2.24. The molecule has 0 aromatic heterocycles. The lowest BCUT2D eigenvalue weighted by atomic mass is 9.83. The minimum absolute atomic E-state index is 0.0347. The summed E-state index contributed by atoms with van der Waals surface area (Å²) in [6.07, 6.45) is 0.0415. The third-order valence-corrected chi connectivity index (χ3v) is 4.86. The number of benzene rings is 1. The first-order valence-electron chi connectivity index (χ1n) is 9.73. The van der Waals surface area contributed by atoms with Gasteiger partial charge in [-0.1, -0.05) is 13.0 Å². The molecule has 150 valence electrons. The van der Waals surface area contributed by atoms with E-state index in [2.05, 4.69) is 30.1 Å². The number of anilines is 1. The van der Waals surface area contributed by atoms with E-state index in [1.807, 2.05) is 39.8 Å². The summed E-state index contributed by atoms with van der Waals surface area (Å²) in [4.78, 5) is 26.5. The number of hydrogen-bond acceptors (Lipinski definition) is 5. The standard InChI is InChI=1S/C21H32N2O4/c1-7-23(8-2)15-9-10-16-14(3)17(19(24)26-18(16)13-15)11-12-22-20(25)27-21(4,5)6/h9-10,13-14,17H,7-8,11-12H2,1-6H3,(H,22,25). The van der Waals surface area contributed by atoms with Gasteiger partial charge in [-0.3, -0.25) is 4.79 Å². The largest absolute Gasteiger partial charge is 0.444 e. The number of carbonyl (C=O) groups excluding carboxylic acids is 2. The van der Waals surface area contributed by atoms with Gasteiger partial charge in [0.2, 0.25) is 0 Å². The Kier molecular flexibility index (Phi) is 6.73. The number of alkyl carbamates (subject to hydrolysis) is 1. The number of hydrogen-bond donors (Lipinski definition) is 1. The van der Waals surface area contributed by atoms with Crippen molar-refractivity contribution in [1.82, 2.24) is 5.32 Å². The third-order valence-electron chi connectivity index (χ3n) is 4.86. The van der Waals surface area contributed by atoms with Gasteiger partial charge < -0.3 is 19.7 Å². The van der Waals surface area contributed by atoms with E-state index in [1.54, 1.807) is 0 Å². The van der Waals surface area contributed by atoms with Gasteiger partial charge in [-0.25, -0.2) is 4.79 Å². The van der Waals surface area contributed by atoms with E-state index in [4.69, 9.17) is 9.47 Å². The van der Waals surface area contributed by atoms with Crippen LogP contribution in [0, 0.1) is 5.92 Å². The van der Waals surface area contributed by atoms with Crippen molar-refractivity contribution in [3.05, 3.63) is 23.8 Å². The Balaban J connectivity index is 2.02. The minimum atomic E-state index is -0.539. The molecule has 0 fully saturated rings. The highest BCUT2D eigenvalue weighted by Crippen LogP contribution is 2.40. The lowest BCUT2D eigenvalue weighted by molar-refractivity contribution is -0.141. The summed E-state index contributed by atoms with van der Waals surface area (Å²) in [7, 11) is 0. The molecule has 0 saturated heterocycles. The number of carbonyl (C=O) groups is 2. The molecule has 6 nitrogen and oxygen atoms in total. The molecular weight excluding hydrogens is 344 g/mol. The van der Waals surface area contributed by atoms with Gasteiger partial charge in [0, 0.05) is 31.4 Å². The van der Waals surface area contributed by atoms with Crippen molar-refractivity contribution < 1.29 is 19.1 Å². The van der Waals surface area contributed by atoms with Crippen LogP contribution in [0.3, 0.4) is 0 Å². The molecule has 0 aliphatic carbocycles. The molecule has 1 aliphatic rings. The Morgan fingerprint density at radius 3 is 2.52 bits per heavy atom. The SMILES string of the molecule is CCN(CC)c1ccc2c(c1)OC(=O)C(CCNC(=O)OC(C)(C)C)C2C. The van der Waals surface area contributed by atoms with Crippen LogP contribution in [0.15, 0.2) is 18.2 Å². The summed E-state index contributed by atoms with van der Waals surface area (Å²) in [6.45, 7) is 13.9. The minimum Gasteiger partial charge on any atom is -0.444 e. The zero-order valence-electron chi connectivity index (χ0n) is 17.3. The maximum Gasteiger partial charge on any atom is 0.407 e. The van der Waals surface area contributed by atoms with Gasteiger partial charge in [0.15, 0.2) is 0 Å². The molecule has 27 heavy (non-hydrogen) atoms. The first-order chi connectivity index (χ1) is 12.7. The number of esters is 1. The van der Waals surface area contributed by atoms with Gasteiger partial charge in [-0.2, -0.15) is 0 Å². The summed E-state index contributed by atoms with van der Waals surface area (Å²) >= 11 is 0. The van der Waals surface area contributed by atoms with Crippen LogP contribution in [0.2, 0.25) is 0 Å². The second-order valence-corrected chi connectivity index (χ2v) is 7.93. The number of fused-ring (bicyclic) bond motifs is 1. The predicted octanol–water partition coefficient (Wildman–Crippen LogP) is 4.09. The highest BCUT2D eigenvalue weighted by molar-refractivity contribution is 5.80. The van der Waals surface area contributed by atoms with Crippen molar-refractivity contribution in [2.24, 2.45) is 5.92 Å². The lowest BCUT2D eigenvalue weighted by Crippen LogP contribution is -2.36. The number of nitrogens with zero attached hydrogens (tertiary/aromatic N) is 1. The van der Waals surface area contributed by atoms with Crippen molar-refractivity contribution in [2.45, 2.75) is 59.5 Å². The highest BCUT2D eigenvalue weighted by atomic mass is 16.6. The highest BCUT2D eigenvalue weighted by Gasteiger charge is 2.35. The molecule has 1 heterocycles. The topological polar surface area (TPSA) is 67.9 Å². The summed E-state index contributed by atoms with van der Waals surface area (Å²) in [5.74, 6) is 0.158. The first-order valence-corrected chi connectivity index (χ1v) is 9.73. The monoisotopic (exact) mass is 376 g/mol. The fourth-order valence-electron chi connectivity index (χ4n) is 3.39. The molecule has 0 saturated carbocycles. The molecule has 0 radical (unpaired) electrons. The fourth-order valence-corrected chi connectivity index (χ4v) is 3.39. The quantitative estimate of drug-likeness (QED) is 0.598. The van der Waals surface area contributed by atoms with Crippen LogP contribution in [0.5, 0.6) is 5.75 Å². The second kappa shape index (κ2) is 8.63. The molecular formula is C21H32N2O4. The fraction of sp³-hybridized carbons (Fsp3) is 0.619. The third kappa shape index (κ3) is 5.37. The van der Waals surface area contributed by atoms with E-state index < -0.39 is 11.7 Å². The van der Waals surface area contributed by atoms with Crippen molar-refractivity contribution in [1.29, 1.82) is 0 Å². The summed E-state index contributed by atoms with van der Waals surface area (Å²) in [5, 5.41) is 2.72. The van der Waals surface area contributed by atoms with E-state index in [1.165, 1.54) is 0 Å². The normalized spacial score (nSPS) is 19.1. The number of nitrogens with one attached hydrogen (secondary N) is 1. The van der Waals surface area contributed by atoms with Gasteiger partial charge in [-0.15, -0.1) is 0 Å². The maximum atomic E-state index is 12.5. The molecule has 2 atom stereocenters. The second-order valence-electron chi connectivity index (χ2n) is 7.93. The summed E-state index contributed by atoms with van der Waals surface area (Å²) in [6, 6.07) is 6.08. The Morgan fingerprint density at radius 1 is 1.26 bits per heavy atom. The van der Waals surface area contributed by atoms with Crippen LogP contribution in [-0.4, -0.2) is 37.3 Å². The van der Waals surface area contributed by atoms with Gasteiger partial charge >= 0.3 is 12.1 Å². The van der Waals surface area contributed by atoms with Gasteiger partial charge in [0.1, 0.15) is 11.4 Å². The van der Waals surface area contributed by atoms with Gasteiger partial charge in [0.05, 0.1) is 5.92 Å². The van der Waals surface area contributed by atoms with Crippen molar-refractivity contribution in [3.63, 3.8) is 0 Å².